The lowest BCUT2D eigenvalue weighted by atomic mass is 10.1. The number of carboxylic acids is 1. The SMILES string of the molecule is COc1ccc(F)cc1COc1ccc(CCC(=O)O)cc1. The maximum atomic E-state index is 13.3. The molecule has 0 aliphatic rings. The van der Waals surface area contributed by atoms with Gasteiger partial charge in [0.05, 0.1) is 7.11 Å². The first-order valence-electron chi connectivity index (χ1n) is 6.84. The molecule has 0 atom stereocenters. The van der Waals surface area contributed by atoms with Crippen molar-refractivity contribution in [3.63, 3.8) is 0 Å². The number of carboxylic acid groups (broad SMARTS) is 1. The van der Waals surface area contributed by atoms with Gasteiger partial charge in [0.2, 0.25) is 0 Å². The molecule has 0 amide bonds. The van der Waals surface area contributed by atoms with Gasteiger partial charge in [0.15, 0.2) is 0 Å². The van der Waals surface area contributed by atoms with E-state index in [-0.39, 0.29) is 18.8 Å². The highest BCUT2D eigenvalue weighted by Crippen LogP contribution is 2.22. The third-order valence-electron chi connectivity index (χ3n) is 3.19. The number of halogens is 1. The minimum absolute atomic E-state index is 0.0979. The highest BCUT2D eigenvalue weighted by atomic mass is 19.1. The monoisotopic (exact) mass is 304 g/mol. The molecule has 0 fully saturated rings. The van der Waals surface area contributed by atoms with Gasteiger partial charge >= 0.3 is 5.97 Å². The highest BCUT2D eigenvalue weighted by molar-refractivity contribution is 5.67. The van der Waals surface area contributed by atoms with Crippen LogP contribution in [0.5, 0.6) is 11.5 Å². The van der Waals surface area contributed by atoms with Crippen molar-refractivity contribution in [1.82, 2.24) is 0 Å². The van der Waals surface area contributed by atoms with Crippen molar-refractivity contribution in [3.05, 3.63) is 59.4 Å². The van der Waals surface area contributed by atoms with Gasteiger partial charge < -0.3 is 14.6 Å². The van der Waals surface area contributed by atoms with Gasteiger partial charge in [-0.3, -0.25) is 4.79 Å². The number of carbonyl (C=O) groups is 1. The third-order valence-corrected chi connectivity index (χ3v) is 3.19. The average Bonchev–Trinajstić information content (AvgIpc) is 2.52. The van der Waals surface area contributed by atoms with Crippen LogP contribution >= 0.6 is 0 Å². The summed E-state index contributed by atoms with van der Waals surface area (Å²) in [5.74, 6) is 0.0341. The molecule has 0 unspecified atom stereocenters. The van der Waals surface area contributed by atoms with Crippen LogP contribution in [0, 0.1) is 5.82 Å². The minimum atomic E-state index is -0.821. The Hall–Kier alpha value is -2.56. The van der Waals surface area contributed by atoms with E-state index in [1.807, 2.05) is 12.1 Å². The number of hydrogen-bond acceptors (Lipinski definition) is 3. The number of ether oxygens (including phenoxy) is 2. The summed E-state index contributed by atoms with van der Waals surface area (Å²) in [7, 11) is 1.52. The van der Waals surface area contributed by atoms with E-state index in [0.717, 1.165) is 5.56 Å². The summed E-state index contributed by atoms with van der Waals surface area (Å²) in [5.41, 5.74) is 1.55. The van der Waals surface area contributed by atoms with E-state index in [2.05, 4.69) is 0 Å². The van der Waals surface area contributed by atoms with Crippen LogP contribution in [0.25, 0.3) is 0 Å². The number of aryl methyl sites for hydroxylation is 1. The Balaban J connectivity index is 1.97. The summed E-state index contributed by atoms with van der Waals surface area (Å²) in [6, 6.07) is 11.4. The quantitative estimate of drug-likeness (QED) is 0.851. The Morgan fingerprint density at radius 2 is 1.91 bits per heavy atom. The largest absolute Gasteiger partial charge is 0.496 e. The number of rotatable bonds is 7. The fourth-order valence-electron chi connectivity index (χ4n) is 2.02. The lowest BCUT2D eigenvalue weighted by Gasteiger charge is -2.10. The van der Waals surface area contributed by atoms with Crippen molar-refractivity contribution in [2.75, 3.05) is 7.11 Å². The molecule has 2 aromatic rings. The van der Waals surface area contributed by atoms with E-state index < -0.39 is 5.97 Å². The predicted octanol–water partition coefficient (Wildman–Crippen LogP) is 3.43. The van der Waals surface area contributed by atoms with Gasteiger partial charge in [-0.25, -0.2) is 4.39 Å². The second-order valence-corrected chi connectivity index (χ2v) is 4.78. The van der Waals surface area contributed by atoms with Crippen LogP contribution in [0.2, 0.25) is 0 Å². The standard InChI is InChI=1S/C17H17FO4/c1-21-16-8-5-14(18)10-13(16)11-22-15-6-2-12(3-7-15)4-9-17(19)20/h2-3,5-8,10H,4,9,11H2,1H3,(H,19,20). The first kappa shape index (κ1) is 15.8. The Morgan fingerprint density at radius 1 is 1.18 bits per heavy atom. The lowest BCUT2D eigenvalue weighted by Crippen LogP contribution is -2.00. The summed E-state index contributed by atoms with van der Waals surface area (Å²) in [6.07, 6.45) is 0.577. The van der Waals surface area contributed by atoms with Gasteiger partial charge in [-0.05, 0) is 42.3 Å². The Bertz CT molecular complexity index is 638. The summed E-state index contributed by atoms with van der Waals surface area (Å²) in [6.45, 7) is 0.190. The number of aliphatic carboxylic acids is 1. The van der Waals surface area contributed by atoms with E-state index >= 15 is 0 Å². The highest BCUT2D eigenvalue weighted by Gasteiger charge is 2.06. The second-order valence-electron chi connectivity index (χ2n) is 4.78. The van der Waals surface area contributed by atoms with Crippen molar-refractivity contribution < 1.29 is 23.8 Å². The number of hydrogen-bond donors (Lipinski definition) is 1. The molecule has 0 aliphatic carbocycles. The summed E-state index contributed by atoms with van der Waals surface area (Å²) in [4.78, 5) is 10.5. The number of methoxy groups -OCH3 is 1. The zero-order valence-corrected chi connectivity index (χ0v) is 12.2. The van der Waals surface area contributed by atoms with Crippen molar-refractivity contribution in [3.8, 4) is 11.5 Å². The van der Waals surface area contributed by atoms with Crippen LogP contribution in [0.3, 0.4) is 0 Å². The Labute approximate surface area is 128 Å². The summed E-state index contributed by atoms with van der Waals surface area (Å²) >= 11 is 0. The Morgan fingerprint density at radius 3 is 2.55 bits per heavy atom. The molecule has 0 radical (unpaired) electrons. The van der Waals surface area contributed by atoms with E-state index in [9.17, 15) is 9.18 Å². The van der Waals surface area contributed by atoms with Gasteiger partial charge in [-0.2, -0.15) is 0 Å². The first-order valence-corrected chi connectivity index (χ1v) is 6.84. The molecule has 4 nitrogen and oxygen atoms in total. The molecule has 0 heterocycles. The molecule has 0 spiro atoms. The summed E-state index contributed by atoms with van der Waals surface area (Å²) < 4.78 is 24.0. The van der Waals surface area contributed by atoms with Crippen LogP contribution in [0.4, 0.5) is 4.39 Å². The van der Waals surface area contributed by atoms with Crippen molar-refractivity contribution in [2.24, 2.45) is 0 Å². The van der Waals surface area contributed by atoms with Crippen molar-refractivity contribution in [1.29, 1.82) is 0 Å². The fraction of sp³-hybridized carbons (Fsp3) is 0.235. The Kier molecular flexibility index (Phi) is 5.36. The number of benzene rings is 2. The predicted molar refractivity (Wildman–Crippen MR) is 79.7 cm³/mol. The van der Waals surface area contributed by atoms with Gasteiger partial charge in [-0.1, -0.05) is 12.1 Å². The van der Waals surface area contributed by atoms with Crippen LogP contribution in [0.1, 0.15) is 17.5 Å². The average molecular weight is 304 g/mol. The molecule has 0 aliphatic heterocycles. The second kappa shape index (κ2) is 7.45. The molecule has 2 rings (SSSR count). The van der Waals surface area contributed by atoms with Crippen molar-refractivity contribution >= 4 is 5.97 Å². The topological polar surface area (TPSA) is 55.8 Å². The third kappa shape index (κ3) is 4.48. The van der Waals surface area contributed by atoms with Gasteiger partial charge in [0.25, 0.3) is 0 Å². The fourth-order valence-corrected chi connectivity index (χ4v) is 2.02. The maximum absolute atomic E-state index is 13.3. The van der Waals surface area contributed by atoms with Crippen LogP contribution in [-0.4, -0.2) is 18.2 Å². The van der Waals surface area contributed by atoms with E-state index in [4.69, 9.17) is 14.6 Å². The zero-order valence-electron chi connectivity index (χ0n) is 12.2. The van der Waals surface area contributed by atoms with E-state index in [0.29, 0.717) is 23.5 Å². The van der Waals surface area contributed by atoms with Crippen LogP contribution in [0.15, 0.2) is 42.5 Å². The molecular formula is C17H17FO4. The smallest absolute Gasteiger partial charge is 0.303 e. The van der Waals surface area contributed by atoms with Crippen molar-refractivity contribution in [2.45, 2.75) is 19.4 Å². The molecule has 1 N–H and O–H groups in total. The molecule has 0 aromatic heterocycles. The van der Waals surface area contributed by atoms with Gasteiger partial charge in [0, 0.05) is 12.0 Å². The van der Waals surface area contributed by atoms with E-state index in [1.165, 1.54) is 19.2 Å². The maximum Gasteiger partial charge on any atom is 0.303 e. The minimum Gasteiger partial charge on any atom is -0.496 e. The molecule has 5 heteroatoms. The molecule has 0 saturated carbocycles. The van der Waals surface area contributed by atoms with Crippen LogP contribution < -0.4 is 9.47 Å². The van der Waals surface area contributed by atoms with Gasteiger partial charge in [-0.15, -0.1) is 0 Å². The molecule has 2 aromatic carbocycles. The zero-order chi connectivity index (χ0) is 15.9. The van der Waals surface area contributed by atoms with Gasteiger partial charge in [0.1, 0.15) is 23.9 Å². The lowest BCUT2D eigenvalue weighted by molar-refractivity contribution is -0.136. The normalized spacial score (nSPS) is 10.3. The first-order chi connectivity index (χ1) is 10.6. The molecule has 22 heavy (non-hydrogen) atoms. The summed E-state index contributed by atoms with van der Waals surface area (Å²) in [5, 5.41) is 8.64. The molecule has 116 valence electrons. The molecule has 0 bridgehead atoms. The molecule has 0 saturated heterocycles. The van der Waals surface area contributed by atoms with Crippen LogP contribution in [-0.2, 0) is 17.8 Å². The van der Waals surface area contributed by atoms with E-state index in [1.54, 1.807) is 18.2 Å². The molecular weight excluding hydrogens is 287 g/mol.